The van der Waals surface area contributed by atoms with Crippen LogP contribution in [0.15, 0.2) is 108 Å². The van der Waals surface area contributed by atoms with Crippen molar-refractivity contribution in [2.24, 2.45) is 7.05 Å². The Hall–Kier alpha value is -4.20. The van der Waals surface area contributed by atoms with E-state index in [1.807, 2.05) is 79.8 Å². The molecule has 0 amide bonds. The number of aliphatic hydroxyl groups is 1. The molecule has 194 valence electrons. The lowest BCUT2D eigenvalue weighted by atomic mass is 10.1. The molecule has 0 aliphatic carbocycles. The van der Waals surface area contributed by atoms with Gasteiger partial charge in [0.25, 0.3) is 0 Å². The number of hydrogen-bond acceptors (Lipinski definition) is 5. The molecule has 0 bridgehead atoms. The first-order valence-corrected chi connectivity index (χ1v) is 12.6. The summed E-state index contributed by atoms with van der Waals surface area (Å²) < 4.78 is 27.1. The molecule has 0 aliphatic heterocycles. The minimum atomic E-state index is -0.592. The highest BCUT2D eigenvalue weighted by atomic mass is 19.1. The first kappa shape index (κ1) is 25.4. The third-order valence-electron chi connectivity index (χ3n) is 6.29. The van der Waals surface area contributed by atoms with Gasteiger partial charge < -0.3 is 14.3 Å². The second kappa shape index (κ2) is 11.9. The van der Waals surface area contributed by atoms with Crippen molar-refractivity contribution in [3.8, 4) is 22.9 Å². The highest BCUT2D eigenvalue weighted by Crippen LogP contribution is 2.34. The van der Waals surface area contributed by atoms with E-state index in [1.54, 1.807) is 23.1 Å². The van der Waals surface area contributed by atoms with Gasteiger partial charge >= 0.3 is 0 Å². The van der Waals surface area contributed by atoms with E-state index in [9.17, 15) is 9.50 Å². The number of aromatic nitrogens is 2. The smallest absolute Gasteiger partial charge is 0.222 e. The fourth-order valence-corrected chi connectivity index (χ4v) is 4.55. The number of rotatable bonds is 11. The van der Waals surface area contributed by atoms with Crippen LogP contribution in [-0.4, -0.2) is 32.4 Å². The first-order chi connectivity index (χ1) is 18.5. The van der Waals surface area contributed by atoms with Gasteiger partial charge in [0.1, 0.15) is 23.0 Å². The van der Waals surface area contributed by atoms with Gasteiger partial charge in [-0.1, -0.05) is 60.7 Å². The second-order valence-corrected chi connectivity index (χ2v) is 9.27. The molecule has 2 heterocycles. The molecule has 0 saturated carbocycles. The van der Waals surface area contributed by atoms with Crippen LogP contribution in [0.5, 0.6) is 11.6 Å². The Morgan fingerprint density at radius 3 is 2.32 bits per heavy atom. The average Bonchev–Trinajstić information content (AvgIpc) is 3.54. The van der Waals surface area contributed by atoms with E-state index in [1.165, 1.54) is 12.1 Å². The zero-order valence-corrected chi connectivity index (χ0v) is 21.2. The maximum Gasteiger partial charge on any atom is 0.222 e. The van der Waals surface area contributed by atoms with Crippen LogP contribution in [0.3, 0.4) is 0 Å². The molecule has 0 radical (unpaired) electrons. The predicted octanol–water partition coefficient (Wildman–Crippen LogP) is 6.22. The lowest BCUT2D eigenvalue weighted by Crippen LogP contribution is -2.33. The van der Waals surface area contributed by atoms with E-state index in [-0.39, 0.29) is 5.82 Å². The minimum Gasteiger partial charge on any atom is -0.468 e. The number of furan rings is 1. The molecule has 0 spiro atoms. The van der Waals surface area contributed by atoms with Gasteiger partial charge in [-0.3, -0.25) is 4.90 Å². The Morgan fingerprint density at radius 1 is 0.921 bits per heavy atom. The monoisotopic (exact) mass is 511 g/mol. The number of aryl methyl sites for hydroxylation is 1. The first-order valence-electron chi connectivity index (χ1n) is 12.6. The maximum atomic E-state index is 13.5. The Bertz CT molecular complexity index is 1420. The molecular weight excluding hydrogens is 481 g/mol. The molecule has 0 saturated heterocycles. The van der Waals surface area contributed by atoms with E-state index in [2.05, 4.69) is 4.90 Å². The molecule has 2 aromatic heterocycles. The summed E-state index contributed by atoms with van der Waals surface area (Å²) in [6, 6.07) is 29.6. The van der Waals surface area contributed by atoms with Gasteiger partial charge in [0.05, 0.1) is 24.5 Å². The standard InChI is InChI=1S/C31H30FN3O3/c1-34-31(38-27-16-14-25(32)15-17-27)29(30(33-34)24-11-6-3-7-12-24)22-35(21-28-13-8-18-37-28)20-26(36)19-23-9-4-2-5-10-23/h2-18,26,36H,19-22H2,1H3. The van der Waals surface area contributed by atoms with Crippen molar-refractivity contribution in [1.29, 1.82) is 0 Å². The highest BCUT2D eigenvalue weighted by Gasteiger charge is 2.24. The second-order valence-electron chi connectivity index (χ2n) is 9.27. The average molecular weight is 512 g/mol. The van der Waals surface area contributed by atoms with Crippen LogP contribution in [-0.2, 0) is 26.6 Å². The molecule has 0 fully saturated rings. The summed E-state index contributed by atoms with van der Waals surface area (Å²) >= 11 is 0. The summed E-state index contributed by atoms with van der Waals surface area (Å²) in [6.07, 6.45) is 1.59. The van der Waals surface area contributed by atoms with Crippen LogP contribution in [0.4, 0.5) is 4.39 Å². The number of benzene rings is 3. The summed E-state index contributed by atoms with van der Waals surface area (Å²) in [4.78, 5) is 2.13. The lowest BCUT2D eigenvalue weighted by Gasteiger charge is -2.25. The molecule has 7 heteroatoms. The SMILES string of the molecule is Cn1nc(-c2ccccc2)c(CN(Cc2ccco2)CC(O)Cc2ccccc2)c1Oc1ccc(F)cc1. The Labute approximate surface area is 221 Å². The quantitative estimate of drug-likeness (QED) is 0.228. The van der Waals surface area contributed by atoms with Crippen molar-refractivity contribution in [1.82, 2.24) is 14.7 Å². The summed E-state index contributed by atoms with van der Waals surface area (Å²) in [7, 11) is 1.83. The zero-order chi connectivity index (χ0) is 26.3. The molecule has 38 heavy (non-hydrogen) atoms. The van der Waals surface area contributed by atoms with Crippen molar-refractivity contribution in [2.75, 3.05) is 6.54 Å². The van der Waals surface area contributed by atoms with Crippen LogP contribution < -0.4 is 4.74 Å². The van der Waals surface area contributed by atoms with Gasteiger partial charge in [0, 0.05) is 25.7 Å². The van der Waals surface area contributed by atoms with Crippen LogP contribution >= 0.6 is 0 Å². The third kappa shape index (κ3) is 6.37. The van der Waals surface area contributed by atoms with Crippen molar-refractivity contribution < 1.29 is 18.7 Å². The maximum absolute atomic E-state index is 13.5. The van der Waals surface area contributed by atoms with Gasteiger partial charge in [-0.25, -0.2) is 9.07 Å². The van der Waals surface area contributed by atoms with Crippen molar-refractivity contribution in [3.63, 3.8) is 0 Å². The largest absolute Gasteiger partial charge is 0.468 e. The zero-order valence-electron chi connectivity index (χ0n) is 21.2. The van der Waals surface area contributed by atoms with Crippen molar-refractivity contribution >= 4 is 0 Å². The summed E-state index contributed by atoms with van der Waals surface area (Å²) in [6.45, 7) is 1.35. The molecule has 5 rings (SSSR count). The van der Waals surface area contributed by atoms with Crippen molar-refractivity contribution in [3.05, 3.63) is 126 Å². The van der Waals surface area contributed by atoms with Gasteiger partial charge in [-0.05, 0) is 48.4 Å². The third-order valence-corrected chi connectivity index (χ3v) is 6.29. The molecule has 1 unspecified atom stereocenters. The Morgan fingerprint density at radius 2 is 1.63 bits per heavy atom. The number of ether oxygens (including phenoxy) is 1. The molecule has 1 N–H and O–H groups in total. The summed E-state index contributed by atoms with van der Waals surface area (Å²) in [5.74, 6) is 1.53. The Balaban J connectivity index is 1.48. The van der Waals surface area contributed by atoms with Gasteiger partial charge in [-0.2, -0.15) is 5.10 Å². The fraction of sp³-hybridized carbons (Fsp3) is 0.194. The van der Waals surface area contributed by atoms with E-state index in [0.29, 0.717) is 37.7 Å². The summed E-state index contributed by atoms with van der Waals surface area (Å²) in [5, 5.41) is 15.8. The van der Waals surface area contributed by atoms with E-state index < -0.39 is 6.10 Å². The number of aliphatic hydroxyl groups excluding tert-OH is 1. The molecule has 3 aromatic carbocycles. The lowest BCUT2D eigenvalue weighted by molar-refractivity contribution is 0.0999. The van der Waals surface area contributed by atoms with Crippen LogP contribution in [0, 0.1) is 5.82 Å². The van der Waals surface area contributed by atoms with E-state index >= 15 is 0 Å². The summed E-state index contributed by atoms with van der Waals surface area (Å²) in [5.41, 5.74) is 3.67. The topological polar surface area (TPSA) is 63.7 Å². The molecule has 6 nitrogen and oxygen atoms in total. The number of nitrogens with zero attached hydrogens (tertiary/aromatic N) is 3. The Kier molecular flexibility index (Phi) is 7.97. The van der Waals surface area contributed by atoms with Crippen LogP contribution in [0.25, 0.3) is 11.3 Å². The van der Waals surface area contributed by atoms with E-state index in [4.69, 9.17) is 14.3 Å². The van der Waals surface area contributed by atoms with Gasteiger partial charge in [0.15, 0.2) is 0 Å². The highest BCUT2D eigenvalue weighted by molar-refractivity contribution is 5.65. The molecular formula is C31H30FN3O3. The molecule has 1 atom stereocenters. The number of halogens is 1. The van der Waals surface area contributed by atoms with Gasteiger partial charge in [0.2, 0.25) is 5.88 Å². The van der Waals surface area contributed by atoms with Crippen LogP contribution in [0.1, 0.15) is 16.9 Å². The van der Waals surface area contributed by atoms with Crippen LogP contribution in [0.2, 0.25) is 0 Å². The fourth-order valence-electron chi connectivity index (χ4n) is 4.55. The normalized spacial score (nSPS) is 12.1. The van der Waals surface area contributed by atoms with Crippen molar-refractivity contribution in [2.45, 2.75) is 25.6 Å². The number of hydrogen-bond donors (Lipinski definition) is 1. The molecule has 0 aliphatic rings. The molecule has 5 aromatic rings. The van der Waals surface area contributed by atoms with E-state index in [0.717, 1.165) is 28.1 Å². The predicted molar refractivity (Wildman–Crippen MR) is 144 cm³/mol. The minimum absolute atomic E-state index is 0.329. The van der Waals surface area contributed by atoms with Gasteiger partial charge in [-0.15, -0.1) is 0 Å².